The summed E-state index contributed by atoms with van der Waals surface area (Å²) in [6, 6.07) is 4.37. The number of piperazine rings is 1. The Labute approximate surface area is 149 Å². The van der Waals surface area contributed by atoms with E-state index >= 15 is 0 Å². The molecule has 0 N–H and O–H groups in total. The van der Waals surface area contributed by atoms with Crippen LogP contribution >= 0.6 is 27.3 Å². The fourth-order valence-electron chi connectivity index (χ4n) is 3.55. The third-order valence-corrected chi connectivity index (χ3v) is 6.49. The Morgan fingerprint density at radius 1 is 1.04 bits per heavy atom. The summed E-state index contributed by atoms with van der Waals surface area (Å²) in [5.74, 6) is 1.15. The Morgan fingerprint density at radius 2 is 1.78 bits per heavy atom. The minimum Gasteiger partial charge on any atom is -0.361 e. The van der Waals surface area contributed by atoms with Gasteiger partial charge in [-0.2, -0.15) is 0 Å². The predicted octanol–water partition coefficient (Wildman–Crippen LogP) is 3.70. The molecule has 1 aliphatic carbocycles. The van der Waals surface area contributed by atoms with Crippen LogP contribution in [0.5, 0.6) is 0 Å². The van der Waals surface area contributed by atoms with E-state index in [1.807, 2.05) is 11.3 Å². The standard InChI is InChI=1S/C17H22BrN3OS/c18-17-6-5-13(23-17)11-20-7-9-21(10-8-20)12-15-14-3-1-2-4-16(14)22-19-15/h5-6H,1-4,7-12H2. The molecule has 4 rings (SSSR count). The molecular formula is C17H22BrN3OS. The van der Waals surface area contributed by atoms with Gasteiger partial charge in [0.05, 0.1) is 3.79 Å². The van der Waals surface area contributed by atoms with E-state index in [9.17, 15) is 0 Å². The molecule has 3 heterocycles. The van der Waals surface area contributed by atoms with Gasteiger partial charge in [-0.25, -0.2) is 0 Å². The van der Waals surface area contributed by atoms with Crippen molar-refractivity contribution in [2.75, 3.05) is 26.2 Å². The molecular weight excluding hydrogens is 374 g/mol. The van der Waals surface area contributed by atoms with Crippen LogP contribution < -0.4 is 0 Å². The molecule has 2 aromatic rings. The van der Waals surface area contributed by atoms with Gasteiger partial charge in [-0.15, -0.1) is 11.3 Å². The smallest absolute Gasteiger partial charge is 0.140 e. The van der Waals surface area contributed by atoms with E-state index in [-0.39, 0.29) is 0 Å². The topological polar surface area (TPSA) is 32.5 Å². The van der Waals surface area contributed by atoms with Gasteiger partial charge in [0.2, 0.25) is 0 Å². The first-order valence-electron chi connectivity index (χ1n) is 8.43. The van der Waals surface area contributed by atoms with Gasteiger partial charge in [-0.3, -0.25) is 9.80 Å². The molecule has 6 heteroatoms. The van der Waals surface area contributed by atoms with E-state index in [0.29, 0.717) is 0 Å². The summed E-state index contributed by atoms with van der Waals surface area (Å²) in [5, 5.41) is 4.35. The third-order valence-electron chi connectivity index (χ3n) is 4.88. The van der Waals surface area contributed by atoms with Crippen LogP contribution in [0.1, 0.15) is 34.7 Å². The summed E-state index contributed by atoms with van der Waals surface area (Å²) in [6.45, 7) is 6.54. The summed E-state index contributed by atoms with van der Waals surface area (Å²) in [5.41, 5.74) is 2.59. The summed E-state index contributed by atoms with van der Waals surface area (Å²) < 4.78 is 6.76. The van der Waals surface area contributed by atoms with Crippen LogP contribution in [0.4, 0.5) is 0 Å². The molecule has 0 saturated carbocycles. The van der Waals surface area contributed by atoms with E-state index in [2.05, 4.69) is 43.0 Å². The number of thiophene rings is 1. The second kappa shape index (κ2) is 7.05. The van der Waals surface area contributed by atoms with Crippen LogP contribution in [0.15, 0.2) is 20.4 Å². The Hall–Kier alpha value is -0.690. The van der Waals surface area contributed by atoms with Gasteiger partial charge in [-0.05, 0) is 47.3 Å². The summed E-state index contributed by atoms with van der Waals surface area (Å²) in [6.07, 6.45) is 4.76. The molecule has 0 atom stereocenters. The maximum Gasteiger partial charge on any atom is 0.140 e. The van der Waals surface area contributed by atoms with Crippen molar-refractivity contribution in [2.45, 2.75) is 38.8 Å². The van der Waals surface area contributed by atoms with Crippen molar-refractivity contribution in [1.82, 2.24) is 15.0 Å². The molecule has 1 aliphatic heterocycles. The van der Waals surface area contributed by atoms with Crippen molar-refractivity contribution in [1.29, 1.82) is 0 Å². The second-order valence-electron chi connectivity index (χ2n) is 6.50. The van der Waals surface area contributed by atoms with Crippen molar-refractivity contribution in [3.63, 3.8) is 0 Å². The maximum absolute atomic E-state index is 5.54. The fourth-order valence-corrected chi connectivity index (χ4v) is 5.07. The number of hydrogen-bond acceptors (Lipinski definition) is 5. The molecule has 0 unspecified atom stereocenters. The van der Waals surface area contributed by atoms with E-state index in [4.69, 9.17) is 4.52 Å². The highest BCUT2D eigenvalue weighted by atomic mass is 79.9. The lowest BCUT2D eigenvalue weighted by Crippen LogP contribution is -2.45. The number of nitrogens with zero attached hydrogens (tertiary/aromatic N) is 3. The molecule has 2 aromatic heterocycles. The molecule has 23 heavy (non-hydrogen) atoms. The van der Waals surface area contributed by atoms with Gasteiger partial charge in [0.1, 0.15) is 11.5 Å². The molecule has 124 valence electrons. The number of aryl methyl sites for hydroxylation is 1. The quantitative estimate of drug-likeness (QED) is 0.789. The SMILES string of the molecule is Brc1ccc(CN2CCN(Cc3noc4c3CCCC4)CC2)s1. The number of rotatable bonds is 4. The minimum absolute atomic E-state index is 0.956. The first-order valence-corrected chi connectivity index (χ1v) is 10.0. The van der Waals surface area contributed by atoms with Crippen molar-refractivity contribution in [3.05, 3.63) is 37.8 Å². The monoisotopic (exact) mass is 395 g/mol. The molecule has 2 aliphatic rings. The fraction of sp³-hybridized carbons (Fsp3) is 0.588. The molecule has 1 saturated heterocycles. The van der Waals surface area contributed by atoms with Gasteiger partial charge in [-0.1, -0.05) is 5.16 Å². The largest absolute Gasteiger partial charge is 0.361 e. The van der Waals surface area contributed by atoms with E-state index < -0.39 is 0 Å². The second-order valence-corrected chi connectivity index (χ2v) is 9.04. The van der Waals surface area contributed by atoms with Crippen molar-refractivity contribution in [2.24, 2.45) is 0 Å². The van der Waals surface area contributed by atoms with Crippen LogP contribution in [-0.2, 0) is 25.9 Å². The third kappa shape index (κ3) is 3.71. The van der Waals surface area contributed by atoms with Crippen LogP contribution in [0.3, 0.4) is 0 Å². The highest BCUT2D eigenvalue weighted by molar-refractivity contribution is 9.11. The van der Waals surface area contributed by atoms with Crippen LogP contribution in [0.2, 0.25) is 0 Å². The molecule has 0 bridgehead atoms. The molecule has 1 fully saturated rings. The predicted molar refractivity (Wildman–Crippen MR) is 95.7 cm³/mol. The average molecular weight is 396 g/mol. The van der Waals surface area contributed by atoms with Crippen molar-refractivity contribution < 1.29 is 4.52 Å². The van der Waals surface area contributed by atoms with E-state index in [1.165, 1.54) is 32.8 Å². The van der Waals surface area contributed by atoms with Crippen LogP contribution in [0.25, 0.3) is 0 Å². The summed E-state index contributed by atoms with van der Waals surface area (Å²) in [7, 11) is 0. The van der Waals surface area contributed by atoms with Crippen LogP contribution in [-0.4, -0.2) is 41.1 Å². The number of fused-ring (bicyclic) bond motifs is 1. The lowest BCUT2D eigenvalue weighted by molar-refractivity contribution is 0.120. The lowest BCUT2D eigenvalue weighted by atomic mass is 9.96. The Balaban J connectivity index is 1.30. The van der Waals surface area contributed by atoms with Gasteiger partial charge in [0.15, 0.2) is 0 Å². The first-order chi connectivity index (χ1) is 11.3. The maximum atomic E-state index is 5.54. The van der Waals surface area contributed by atoms with Gasteiger partial charge < -0.3 is 4.52 Å². The molecule has 0 radical (unpaired) electrons. The normalized spacial score (nSPS) is 19.9. The molecule has 4 nitrogen and oxygen atoms in total. The molecule has 0 aromatic carbocycles. The summed E-state index contributed by atoms with van der Waals surface area (Å²) in [4.78, 5) is 6.51. The van der Waals surface area contributed by atoms with Crippen molar-refractivity contribution in [3.8, 4) is 0 Å². The molecule has 0 spiro atoms. The van der Waals surface area contributed by atoms with Gasteiger partial charge in [0.25, 0.3) is 0 Å². The number of halogens is 1. The zero-order valence-electron chi connectivity index (χ0n) is 13.3. The van der Waals surface area contributed by atoms with Gasteiger partial charge in [0, 0.05) is 56.1 Å². The Morgan fingerprint density at radius 3 is 2.52 bits per heavy atom. The average Bonchev–Trinajstić information content (AvgIpc) is 3.16. The highest BCUT2D eigenvalue weighted by Gasteiger charge is 2.23. The van der Waals surface area contributed by atoms with E-state index in [1.54, 1.807) is 0 Å². The Bertz CT molecular complexity index is 661. The van der Waals surface area contributed by atoms with Gasteiger partial charge >= 0.3 is 0 Å². The zero-order chi connectivity index (χ0) is 15.6. The highest BCUT2D eigenvalue weighted by Crippen LogP contribution is 2.26. The Kier molecular flexibility index (Phi) is 4.85. The lowest BCUT2D eigenvalue weighted by Gasteiger charge is -2.34. The first kappa shape index (κ1) is 15.8. The number of hydrogen-bond donors (Lipinski definition) is 0. The van der Waals surface area contributed by atoms with Crippen LogP contribution in [0, 0.1) is 0 Å². The zero-order valence-corrected chi connectivity index (χ0v) is 15.7. The minimum atomic E-state index is 0.956. The number of aromatic nitrogens is 1. The summed E-state index contributed by atoms with van der Waals surface area (Å²) >= 11 is 5.39. The van der Waals surface area contributed by atoms with Crippen molar-refractivity contribution >= 4 is 27.3 Å². The van der Waals surface area contributed by atoms with E-state index in [0.717, 1.165) is 57.9 Å². The molecule has 0 amide bonds.